The molecule has 0 radical (unpaired) electrons. The fraction of sp³-hybridized carbons (Fsp3) is 0.488. The van der Waals surface area contributed by atoms with E-state index in [4.69, 9.17) is 9.84 Å². The molecule has 17 heteroatoms. The molecule has 0 spiro atoms. The van der Waals surface area contributed by atoms with E-state index in [9.17, 15) is 28.7 Å². The number of ether oxygens (including phenoxy) is 1. The third kappa shape index (κ3) is 7.64. The summed E-state index contributed by atoms with van der Waals surface area (Å²) in [6, 6.07) is 8.83. The van der Waals surface area contributed by atoms with Gasteiger partial charge in [-0.1, -0.05) is 0 Å². The molecular formula is C43H49F2N9O6. The first-order chi connectivity index (χ1) is 28.8. The van der Waals surface area contributed by atoms with Crippen LogP contribution in [0.15, 0.2) is 53.6 Å². The fourth-order valence-corrected chi connectivity index (χ4v) is 9.29. The maximum atomic E-state index is 15.8. The van der Waals surface area contributed by atoms with Crippen molar-refractivity contribution in [2.45, 2.75) is 95.2 Å². The molecule has 3 aromatic heterocycles. The number of carbonyl (C=O) groups excluding carboxylic acids is 3. The number of nitrogens with zero attached hydrogens (tertiary/aromatic N) is 7. The van der Waals surface area contributed by atoms with Gasteiger partial charge < -0.3 is 24.6 Å². The van der Waals surface area contributed by atoms with Crippen molar-refractivity contribution in [2.24, 2.45) is 13.0 Å². The van der Waals surface area contributed by atoms with Gasteiger partial charge in [-0.05, 0) is 94.3 Å². The van der Waals surface area contributed by atoms with Crippen LogP contribution in [0.5, 0.6) is 5.75 Å². The summed E-state index contributed by atoms with van der Waals surface area (Å²) in [5.74, 6) is -0.638. The highest BCUT2D eigenvalue weighted by molar-refractivity contribution is 6.09. The van der Waals surface area contributed by atoms with E-state index in [2.05, 4.69) is 20.6 Å². The van der Waals surface area contributed by atoms with Crippen molar-refractivity contribution in [3.8, 4) is 5.75 Å². The van der Waals surface area contributed by atoms with Crippen LogP contribution < -0.4 is 25.8 Å². The lowest BCUT2D eigenvalue weighted by atomic mass is 9.83. The molecule has 0 unspecified atom stereocenters. The zero-order valence-corrected chi connectivity index (χ0v) is 33.8. The monoisotopic (exact) mass is 825 g/mol. The van der Waals surface area contributed by atoms with Gasteiger partial charge >= 0.3 is 6.03 Å². The number of anilines is 2. The highest BCUT2D eigenvalue weighted by Crippen LogP contribution is 2.39. The van der Waals surface area contributed by atoms with Gasteiger partial charge in [0.25, 0.3) is 11.5 Å². The predicted octanol–water partition coefficient (Wildman–Crippen LogP) is 5.57. The number of alkyl halides is 1. The number of piperidine rings is 1. The maximum absolute atomic E-state index is 15.8. The summed E-state index contributed by atoms with van der Waals surface area (Å²) in [5.41, 5.74) is 1.65. The molecule has 2 aromatic carbocycles. The van der Waals surface area contributed by atoms with Gasteiger partial charge in [0.1, 0.15) is 23.4 Å². The lowest BCUT2D eigenvalue weighted by Gasteiger charge is -2.39. The third-order valence-electron chi connectivity index (χ3n) is 12.5. The van der Waals surface area contributed by atoms with Crippen molar-refractivity contribution >= 4 is 51.2 Å². The molecule has 15 nitrogen and oxygen atoms in total. The van der Waals surface area contributed by atoms with Gasteiger partial charge in [-0.25, -0.2) is 13.6 Å². The summed E-state index contributed by atoms with van der Waals surface area (Å²) < 4.78 is 40.5. The number of urea groups is 1. The average molecular weight is 826 g/mol. The summed E-state index contributed by atoms with van der Waals surface area (Å²) in [6.45, 7) is 5.88. The van der Waals surface area contributed by atoms with Crippen molar-refractivity contribution in [2.75, 3.05) is 36.4 Å². The number of fused-ring (bicyclic) bond motifs is 2. The molecule has 4 atom stereocenters. The Hall–Kier alpha value is -5.68. The zero-order chi connectivity index (χ0) is 42.0. The van der Waals surface area contributed by atoms with Crippen LogP contribution in [-0.2, 0) is 11.8 Å². The molecule has 2 aliphatic heterocycles. The molecule has 5 heterocycles. The Kier molecular flexibility index (Phi) is 10.4. The van der Waals surface area contributed by atoms with Gasteiger partial charge in [-0.2, -0.15) is 10.2 Å². The molecule has 4 fully saturated rings. The summed E-state index contributed by atoms with van der Waals surface area (Å²) in [5, 5.41) is 27.0. The number of nitrogens with one attached hydrogen (secondary N) is 2. The molecule has 3 N–H and O–H groups in total. The van der Waals surface area contributed by atoms with Crippen LogP contribution in [-0.4, -0.2) is 96.5 Å². The fourth-order valence-electron chi connectivity index (χ4n) is 9.29. The molecule has 2 saturated carbocycles. The van der Waals surface area contributed by atoms with Crippen molar-refractivity contribution in [3.63, 3.8) is 0 Å². The van der Waals surface area contributed by atoms with Gasteiger partial charge in [0.15, 0.2) is 5.82 Å². The Morgan fingerprint density at radius 3 is 2.57 bits per heavy atom. The quantitative estimate of drug-likeness (QED) is 0.163. The molecule has 2 aliphatic carbocycles. The first-order valence-electron chi connectivity index (χ1n) is 20.8. The first kappa shape index (κ1) is 39.8. The summed E-state index contributed by atoms with van der Waals surface area (Å²) in [4.78, 5) is 54.5. The van der Waals surface area contributed by atoms with Gasteiger partial charge in [0, 0.05) is 74.7 Å². The summed E-state index contributed by atoms with van der Waals surface area (Å²) >= 11 is 0. The molecule has 2 saturated heterocycles. The number of imide groups is 1. The van der Waals surface area contributed by atoms with Gasteiger partial charge in [-0.3, -0.25) is 34.0 Å². The highest BCUT2D eigenvalue weighted by atomic mass is 19.1. The highest BCUT2D eigenvalue weighted by Gasteiger charge is 2.40. The van der Waals surface area contributed by atoms with E-state index in [0.29, 0.717) is 52.4 Å². The molecular weight excluding hydrogens is 777 g/mol. The number of amides is 4. The normalized spacial score (nSPS) is 24.9. The van der Waals surface area contributed by atoms with Crippen LogP contribution >= 0.6 is 0 Å². The van der Waals surface area contributed by atoms with Crippen LogP contribution in [0.4, 0.5) is 25.1 Å². The van der Waals surface area contributed by atoms with Crippen LogP contribution in [0.25, 0.3) is 21.8 Å². The number of aromatic nitrogens is 5. The third-order valence-corrected chi connectivity index (χ3v) is 12.5. The lowest BCUT2D eigenvalue weighted by molar-refractivity contribution is -0.120. The first-order valence-corrected chi connectivity index (χ1v) is 20.8. The minimum atomic E-state index is -1.06. The molecule has 60 heavy (non-hydrogen) atoms. The number of β-amino-alcohol motifs (C(OH)–C–C–N with tert-alkyl or cyclic N) is 1. The zero-order valence-electron chi connectivity index (χ0n) is 33.8. The van der Waals surface area contributed by atoms with Crippen LogP contribution in [0.1, 0.15) is 92.7 Å². The number of aliphatic hydroxyl groups excluding tert-OH is 1. The predicted molar refractivity (Wildman–Crippen MR) is 220 cm³/mol. The number of hydrogen-bond acceptors (Lipinski definition) is 9. The number of pyridine rings is 1. The number of benzene rings is 2. The second-order valence-electron chi connectivity index (χ2n) is 17.1. The minimum Gasteiger partial charge on any atom is -0.490 e. The Balaban J connectivity index is 0.829. The Morgan fingerprint density at radius 2 is 1.85 bits per heavy atom. The molecule has 0 bridgehead atoms. The average Bonchev–Trinajstić information content (AvgIpc) is 3.64. The molecule has 9 rings (SSSR count). The Labute approximate surface area is 344 Å². The number of rotatable bonds is 10. The smallest absolute Gasteiger partial charge is 0.329 e. The van der Waals surface area contributed by atoms with Crippen molar-refractivity contribution in [3.05, 3.63) is 76.1 Å². The topological polar surface area (TPSA) is 169 Å². The lowest BCUT2D eigenvalue weighted by Crippen LogP contribution is -2.49. The van der Waals surface area contributed by atoms with E-state index in [1.54, 1.807) is 36.0 Å². The Bertz CT molecular complexity index is 2560. The van der Waals surface area contributed by atoms with E-state index in [1.807, 2.05) is 24.7 Å². The number of carbonyl (C=O) groups is 3. The SMILES string of the molecule is CC(C)Oc1cc2nn(C3CCC(CN4CC[C@H](c5cc6c(cc5F)c(N5CCC(=O)NC5=O)nn6C)[C@H](O)C4)CC3)cc2cc1C(=O)Nc1cccn([C@H]2C[C@H]2F)c1=O. The number of hydrogen-bond donors (Lipinski definition) is 3. The molecule has 316 valence electrons. The van der Waals surface area contributed by atoms with Gasteiger partial charge in [-0.15, -0.1) is 0 Å². The molecule has 5 aromatic rings. The van der Waals surface area contributed by atoms with E-state index < -0.39 is 47.6 Å². The Morgan fingerprint density at radius 1 is 1.07 bits per heavy atom. The molecule has 4 amide bonds. The largest absolute Gasteiger partial charge is 0.490 e. The van der Waals surface area contributed by atoms with Crippen molar-refractivity contribution in [1.29, 1.82) is 0 Å². The van der Waals surface area contributed by atoms with Gasteiger partial charge in [0.2, 0.25) is 5.91 Å². The number of aryl methyl sites for hydroxylation is 1. The van der Waals surface area contributed by atoms with Crippen LogP contribution in [0, 0.1) is 11.7 Å². The summed E-state index contributed by atoms with van der Waals surface area (Å²) in [6.07, 6.45) is 6.22. The summed E-state index contributed by atoms with van der Waals surface area (Å²) in [7, 11) is 1.73. The molecule has 4 aliphatic rings. The second kappa shape index (κ2) is 15.7. The van der Waals surface area contributed by atoms with E-state index in [1.165, 1.54) is 27.8 Å². The maximum Gasteiger partial charge on any atom is 0.329 e. The van der Waals surface area contributed by atoms with Crippen molar-refractivity contribution < 1.29 is 33.0 Å². The van der Waals surface area contributed by atoms with E-state index >= 15 is 4.39 Å². The van der Waals surface area contributed by atoms with Gasteiger partial charge in [0.05, 0.1) is 40.9 Å². The number of halogens is 2. The number of likely N-dealkylation sites (tertiary alicyclic amines) is 1. The van der Waals surface area contributed by atoms with E-state index in [-0.39, 0.29) is 48.7 Å². The van der Waals surface area contributed by atoms with Crippen LogP contribution in [0.3, 0.4) is 0 Å². The number of aliphatic hydroxyl groups is 1. The standard InChI is InChI=1S/C43H49F2N9O6/c1-23(2)60-38-19-34-25(15-30(38)41(57)46-33-5-4-12-52(42(33)58)36-18-32(36)45)21-54(48-34)26-8-6-24(7-9-26)20-51-13-10-27(37(55)22-51)28-17-35-29(16-31(28)44)40(49-50(35)3)53-14-11-39(56)47-43(53)59/h4-5,12,15-17,19,21,23-24,26-27,32,36-37,55H,6-11,13-14,18,20,22H2,1-3H3,(H,46,57)(H,47,56,59)/t24?,26?,27-,32-,36+,37-/m1/s1. The van der Waals surface area contributed by atoms with Crippen LogP contribution in [0.2, 0.25) is 0 Å². The minimum absolute atomic E-state index is 0.0714. The second-order valence-corrected chi connectivity index (χ2v) is 17.1. The van der Waals surface area contributed by atoms with Crippen molar-refractivity contribution in [1.82, 2.24) is 34.3 Å². The van der Waals surface area contributed by atoms with E-state index in [0.717, 1.165) is 44.2 Å².